The van der Waals surface area contributed by atoms with Gasteiger partial charge in [0.25, 0.3) is 0 Å². The zero-order chi connectivity index (χ0) is 12.4. The summed E-state index contributed by atoms with van der Waals surface area (Å²) < 4.78 is 0. The van der Waals surface area contributed by atoms with Crippen LogP contribution < -0.4 is 5.43 Å². The molecule has 1 saturated heterocycles. The molecule has 2 aliphatic rings. The van der Waals surface area contributed by atoms with E-state index in [1.54, 1.807) is 0 Å². The lowest BCUT2D eigenvalue weighted by Crippen LogP contribution is -2.31. The molecule has 1 aromatic rings. The maximum Gasteiger partial charge on any atom is 0.148 e. The van der Waals surface area contributed by atoms with Crippen molar-refractivity contribution in [1.82, 2.24) is 10.3 Å². The highest BCUT2D eigenvalue weighted by atomic mass is 35.5. The van der Waals surface area contributed by atoms with Gasteiger partial charge in [0, 0.05) is 24.0 Å². The molecule has 0 bridgehead atoms. The molecule has 3 nitrogen and oxygen atoms in total. The van der Waals surface area contributed by atoms with Gasteiger partial charge in [0.05, 0.1) is 6.54 Å². The number of hydrazone groups is 1. The second-order valence-electron chi connectivity index (χ2n) is 4.72. The Bertz CT molecular complexity index is 478. The molecule has 1 atom stereocenters. The van der Waals surface area contributed by atoms with Crippen LogP contribution in [0.25, 0.3) is 0 Å². The fourth-order valence-corrected chi connectivity index (χ4v) is 2.66. The smallest absolute Gasteiger partial charge is 0.148 e. The lowest BCUT2D eigenvalue weighted by molar-refractivity contribution is 0.504. The zero-order valence-electron chi connectivity index (χ0n) is 10.1. The molecule has 1 fully saturated rings. The summed E-state index contributed by atoms with van der Waals surface area (Å²) in [5.41, 5.74) is 4.39. The summed E-state index contributed by atoms with van der Waals surface area (Å²) in [6.07, 6.45) is 5.38. The van der Waals surface area contributed by atoms with Crippen molar-refractivity contribution in [2.45, 2.75) is 12.3 Å². The summed E-state index contributed by atoms with van der Waals surface area (Å²) in [5.74, 6) is 1.64. The average molecular weight is 262 g/mol. The Kier molecular flexibility index (Phi) is 3.24. The molecule has 94 valence electrons. The van der Waals surface area contributed by atoms with Crippen molar-refractivity contribution in [2.75, 3.05) is 19.6 Å². The second-order valence-corrected chi connectivity index (χ2v) is 5.15. The molecule has 0 amide bonds. The number of amidine groups is 1. The van der Waals surface area contributed by atoms with Crippen molar-refractivity contribution in [1.29, 1.82) is 0 Å². The Hall–Kier alpha value is -1.48. The largest absolute Gasteiger partial charge is 0.355 e. The molecule has 0 aromatic heterocycles. The summed E-state index contributed by atoms with van der Waals surface area (Å²) in [4.78, 5) is 2.34. The van der Waals surface area contributed by atoms with Crippen molar-refractivity contribution >= 4 is 17.4 Å². The number of likely N-dealkylation sites (tertiary alicyclic amines) is 1. The van der Waals surface area contributed by atoms with E-state index < -0.39 is 0 Å². The Morgan fingerprint density at radius 2 is 2.11 bits per heavy atom. The number of rotatable bonds is 1. The highest BCUT2D eigenvalue weighted by Crippen LogP contribution is 2.28. The van der Waals surface area contributed by atoms with Gasteiger partial charge in [-0.25, -0.2) is 0 Å². The fourth-order valence-electron chi connectivity index (χ4n) is 2.53. The van der Waals surface area contributed by atoms with E-state index in [2.05, 4.69) is 39.7 Å². The van der Waals surface area contributed by atoms with Crippen LogP contribution in [0.15, 0.2) is 41.5 Å². The van der Waals surface area contributed by atoms with E-state index in [0.29, 0.717) is 5.92 Å². The van der Waals surface area contributed by atoms with Crippen molar-refractivity contribution in [2.24, 2.45) is 5.10 Å². The molecule has 1 N–H and O–H groups in total. The second kappa shape index (κ2) is 5.02. The quantitative estimate of drug-likeness (QED) is 0.842. The maximum atomic E-state index is 5.92. The predicted octanol–water partition coefficient (Wildman–Crippen LogP) is 2.60. The molecule has 1 unspecified atom stereocenters. The van der Waals surface area contributed by atoms with Crippen LogP contribution in [0.1, 0.15) is 17.9 Å². The fraction of sp³-hybridized carbons (Fsp3) is 0.357. The van der Waals surface area contributed by atoms with E-state index in [0.717, 1.165) is 30.5 Å². The molecule has 3 rings (SSSR count). The Morgan fingerprint density at radius 1 is 1.28 bits per heavy atom. The Labute approximate surface area is 112 Å². The first-order valence-electron chi connectivity index (χ1n) is 6.30. The Balaban J connectivity index is 1.69. The molecular formula is C14H16ClN3. The maximum absolute atomic E-state index is 5.92. The standard InChI is InChI=1S/C14H16ClN3/c15-13-5-3-11(4-6-13)12-7-9-18(10-12)14-2-1-8-16-17-14/h1-6,12,16H,7-10H2. The number of hydrogen-bond donors (Lipinski definition) is 1. The van der Waals surface area contributed by atoms with Gasteiger partial charge in [-0.3, -0.25) is 0 Å². The van der Waals surface area contributed by atoms with Crippen LogP contribution in [0.4, 0.5) is 0 Å². The monoisotopic (exact) mass is 261 g/mol. The summed E-state index contributed by atoms with van der Waals surface area (Å²) >= 11 is 5.92. The number of halogens is 1. The number of nitrogens with one attached hydrogen (secondary N) is 1. The van der Waals surface area contributed by atoms with Crippen LogP contribution in [-0.4, -0.2) is 30.4 Å². The van der Waals surface area contributed by atoms with Gasteiger partial charge < -0.3 is 10.3 Å². The average Bonchev–Trinajstić information content (AvgIpc) is 2.90. The SMILES string of the molecule is Clc1ccc(C2CCN(C3=NNCC=C3)C2)cc1. The predicted molar refractivity (Wildman–Crippen MR) is 75.0 cm³/mol. The molecule has 1 aromatic carbocycles. The first-order chi connectivity index (χ1) is 8.83. The van der Waals surface area contributed by atoms with Crippen LogP contribution in [0, 0.1) is 0 Å². The van der Waals surface area contributed by atoms with Gasteiger partial charge >= 0.3 is 0 Å². The minimum Gasteiger partial charge on any atom is -0.355 e. The van der Waals surface area contributed by atoms with Gasteiger partial charge in [-0.05, 0) is 30.2 Å². The van der Waals surface area contributed by atoms with Gasteiger partial charge in [0.1, 0.15) is 5.84 Å². The first kappa shape index (κ1) is 11.6. The molecule has 0 radical (unpaired) electrons. The molecule has 2 aliphatic heterocycles. The summed E-state index contributed by atoms with van der Waals surface area (Å²) in [6.45, 7) is 2.93. The highest BCUT2D eigenvalue weighted by molar-refractivity contribution is 6.30. The lowest BCUT2D eigenvalue weighted by atomic mass is 9.99. The molecule has 0 aliphatic carbocycles. The van der Waals surface area contributed by atoms with Crippen molar-refractivity contribution in [3.8, 4) is 0 Å². The summed E-state index contributed by atoms with van der Waals surface area (Å²) in [7, 11) is 0. The molecule has 0 saturated carbocycles. The van der Waals surface area contributed by atoms with Gasteiger partial charge in [-0.1, -0.05) is 29.8 Å². The Morgan fingerprint density at radius 3 is 2.83 bits per heavy atom. The van der Waals surface area contributed by atoms with Crippen molar-refractivity contribution < 1.29 is 0 Å². The van der Waals surface area contributed by atoms with E-state index in [4.69, 9.17) is 11.6 Å². The molecule has 0 spiro atoms. The first-order valence-corrected chi connectivity index (χ1v) is 6.68. The van der Waals surface area contributed by atoms with E-state index in [-0.39, 0.29) is 0 Å². The van der Waals surface area contributed by atoms with Crippen LogP contribution in [0.2, 0.25) is 5.02 Å². The van der Waals surface area contributed by atoms with Gasteiger partial charge in [0.2, 0.25) is 0 Å². The zero-order valence-corrected chi connectivity index (χ0v) is 10.9. The molecule has 18 heavy (non-hydrogen) atoms. The topological polar surface area (TPSA) is 27.6 Å². The summed E-state index contributed by atoms with van der Waals surface area (Å²) in [5, 5.41) is 5.14. The van der Waals surface area contributed by atoms with E-state index in [9.17, 15) is 0 Å². The van der Waals surface area contributed by atoms with Gasteiger partial charge in [0.15, 0.2) is 0 Å². The third kappa shape index (κ3) is 2.36. The third-order valence-electron chi connectivity index (χ3n) is 3.52. The van der Waals surface area contributed by atoms with E-state index in [1.165, 1.54) is 12.0 Å². The minimum atomic E-state index is 0.584. The molecule has 4 heteroatoms. The van der Waals surface area contributed by atoms with Crippen LogP contribution in [-0.2, 0) is 0 Å². The third-order valence-corrected chi connectivity index (χ3v) is 3.78. The van der Waals surface area contributed by atoms with E-state index >= 15 is 0 Å². The van der Waals surface area contributed by atoms with Crippen LogP contribution in [0.3, 0.4) is 0 Å². The van der Waals surface area contributed by atoms with Crippen molar-refractivity contribution in [3.05, 3.63) is 47.0 Å². The van der Waals surface area contributed by atoms with Gasteiger partial charge in [-0.2, -0.15) is 5.10 Å². The van der Waals surface area contributed by atoms with Crippen LogP contribution >= 0.6 is 11.6 Å². The van der Waals surface area contributed by atoms with E-state index in [1.807, 2.05) is 12.1 Å². The lowest BCUT2D eigenvalue weighted by Gasteiger charge is -2.20. The minimum absolute atomic E-state index is 0.584. The normalized spacial score (nSPS) is 22.8. The summed E-state index contributed by atoms with van der Waals surface area (Å²) in [6, 6.07) is 8.21. The highest BCUT2D eigenvalue weighted by Gasteiger charge is 2.25. The number of benzene rings is 1. The molecule has 2 heterocycles. The van der Waals surface area contributed by atoms with Gasteiger partial charge in [-0.15, -0.1) is 0 Å². The number of hydrogen-bond acceptors (Lipinski definition) is 3. The number of nitrogens with zero attached hydrogens (tertiary/aromatic N) is 2. The molecular weight excluding hydrogens is 246 g/mol. The van der Waals surface area contributed by atoms with Crippen molar-refractivity contribution in [3.63, 3.8) is 0 Å². The van der Waals surface area contributed by atoms with Crippen LogP contribution in [0.5, 0.6) is 0 Å².